The Kier molecular flexibility index (Phi) is 3.52. The topological polar surface area (TPSA) is 60.9 Å². The number of halogens is 1. The van der Waals surface area contributed by atoms with Crippen LogP contribution in [-0.4, -0.2) is 9.55 Å². The number of hydrogen-bond acceptors (Lipinski definition) is 3. The quantitative estimate of drug-likeness (QED) is 0.866. The summed E-state index contributed by atoms with van der Waals surface area (Å²) in [5, 5.41) is 0. The first kappa shape index (κ1) is 12.8. The molecule has 5 heteroatoms. The maximum absolute atomic E-state index is 11.9. The van der Waals surface area contributed by atoms with Crippen molar-refractivity contribution < 1.29 is 0 Å². The summed E-state index contributed by atoms with van der Waals surface area (Å²) >= 11 is 3.35. The van der Waals surface area contributed by atoms with E-state index in [1.54, 1.807) is 4.57 Å². The Bertz CT molecular complexity index is 649. The van der Waals surface area contributed by atoms with Crippen LogP contribution in [0.2, 0.25) is 0 Å². The van der Waals surface area contributed by atoms with Crippen LogP contribution in [0.3, 0.4) is 0 Å². The molecule has 0 aliphatic heterocycles. The van der Waals surface area contributed by atoms with E-state index in [0.717, 1.165) is 15.7 Å². The summed E-state index contributed by atoms with van der Waals surface area (Å²) in [7, 11) is 0. The molecule has 1 aromatic heterocycles. The molecule has 0 aliphatic carbocycles. The van der Waals surface area contributed by atoms with Gasteiger partial charge in [0.1, 0.15) is 5.82 Å². The predicted molar refractivity (Wildman–Crippen MR) is 75.6 cm³/mol. The van der Waals surface area contributed by atoms with E-state index >= 15 is 0 Å². The molecule has 2 N–H and O–H groups in total. The zero-order chi connectivity index (χ0) is 13.3. The van der Waals surface area contributed by atoms with Crippen LogP contribution in [0.1, 0.15) is 17.1 Å². The fourth-order valence-corrected chi connectivity index (χ4v) is 2.08. The number of aryl methyl sites for hydroxylation is 2. The molecule has 0 saturated heterocycles. The molecule has 0 spiro atoms. The molecule has 1 aromatic carbocycles. The van der Waals surface area contributed by atoms with E-state index in [1.807, 2.05) is 32.0 Å². The second kappa shape index (κ2) is 4.94. The van der Waals surface area contributed by atoms with Crippen molar-refractivity contribution in [3.8, 4) is 0 Å². The highest BCUT2D eigenvalue weighted by atomic mass is 79.9. The molecule has 0 unspecified atom stereocenters. The number of benzene rings is 1. The first-order chi connectivity index (χ1) is 8.47. The normalized spacial score (nSPS) is 10.6. The molecule has 2 aromatic rings. The van der Waals surface area contributed by atoms with Crippen LogP contribution in [0.5, 0.6) is 0 Å². The van der Waals surface area contributed by atoms with Crippen molar-refractivity contribution in [2.75, 3.05) is 5.73 Å². The molecule has 18 heavy (non-hydrogen) atoms. The summed E-state index contributed by atoms with van der Waals surface area (Å²) < 4.78 is 2.49. The molecular formula is C13H14BrN3O. The maximum Gasteiger partial charge on any atom is 0.254 e. The highest BCUT2D eigenvalue weighted by Crippen LogP contribution is 2.20. The SMILES string of the molecule is Cc1cc(=O)n(Cc2ccc(Br)c(N)c2)c(C)n1. The smallest absolute Gasteiger partial charge is 0.254 e. The van der Waals surface area contributed by atoms with E-state index < -0.39 is 0 Å². The van der Waals surface area contributed by atoms with Gasteiger partial charge in [0.25, 0.3) is 5.56 Å². The van der Waals surface area contributed by atoms with Crippen molar-refractivity contribution in [1.82, 2.24) is 9.55 Å². The molecule has 0 bridgehead atoms. The Labute approximate surface area is 114 Å². The minimum Gasteiger partial charge on any atom is -0.398 e. The van der Waals surface area contributed by atoms with Gasteiger partial charge in [0.2, 0.25) is 0 Å². The van der Waals surface area contributed by atoms with E-state index in [1.165, 1.54) is 6.07 Å². The van der Waals surface area contributed by atoms with Crippen LogP contribution in [0.25, 0.3) is 0 Å². The molecule has 4 nitrogen and oxygen atoms in total. The van der Waals surface area contributed by atoms with E-state index in [-0.39, 0.29) is 5.56 Å². The summed E-state index contributed by atoms with van der Waals surface area (Å²) in [5.41, 5.74) is 8.17. The third-order valence-electron chi connectivity index (χ3n) is 2.73. The van der Waals surface area contributed by atoms with Crippen molar-refractivity contribution in [2.45, 2.75) is 20.4 Å². The lowest BCUT2D eigenvalue weighted by molar-refractivity contribution is 0.694. The average molecular weight is 308 g/mol. The molecule has 0 amide bonds. The monoisotopic (exact) mass is 307 g/mol. The largest absolute Gasteiger partial charge is 0.398 e. The summed E-state index contributed by atoms with van der Waals surface area (Å²) in [4.78, 5) is 16.2. The highest BCUT2D eigenvalue weighted by molar-refractivity contribution is 9.10. The first-order valence-corrected chi connectivity index (χ1v) is 6.35. The Balaban J connectivity index is 2.40. The summed E-state index contributed by atoms with van der Waals surface area (Å²) in [6.45, 7) is 4.13. The number of nitrogens with zero attached hydrogens (tertiary/aromatic N) is 2. The van der Waals surface area contributed by atoms with Gasteiger partial charge in [-0.15, -0.1) is 0 Å². The summed E-state index contributed by atoms with van der Waals surface area (Å²) in [6.07, 6.45) is 0. The van der Waals surface area contributed by atoms with Gasteiger partial charge < -0.3 is 5.73 Å². The lowest BCUT2D eigenvalue weighted by atomic mass is 10.2. The highest BCUT2D eigenvalue weighted by Gasteiger charge is 2.05. The van der Waals surface area contributed by atoms with Crippen LogP contribution in [-0.2, 0) is 6.54 Å². The van der Waals surface area contributed by atoms with Gasteiger partial charge in [-0.2, -0.15) is 0 Å². The minimum atomic E-state index is -0.0403. The number of anilines is 1. The molecule has 0 atom stereocenters. The fraction of sp³-hybridized carbons (Fsp3) is 0.231. The third-order valence-corrected chi connectivity index (χ3v) is 3.45. The zero-order valence-corrected chi connectivity index (χ0v) is 11.9. The molecule has 2 rings (SSSR count). The molecular weight excluding hydrogens is 294 g/mol. The molecule has 0 fully saturated rings. The Morgan fingerprint density at radius 3 is 2.67 bits per heavy atom. The van der Waals surface area contributed by atoms with Gasteiger partial charge in [-0.05, 0) is 47.5 Å². The second-order valence-electron chi connectivity index (χ2n) is 4.22. The number of aromatic nitrogens is 2. The Morgan fingerprint density at radius 2 is 2.06 bits per heavy atom. The van der Waals surface area contributed by atoms with Crippen LogP contribution in [0.15, 0.2) is 33.5 Å². The van der Waals surface area contributed by atoms with E-state index in [2.05, 4.69) is 20.9 Å². The number of hydrogen-bond donors (Lipinski definition) is 1. The first-order valence-electron chi connectivity index (χ1n) is 5.56. The zero-order valence-electron chi connectivity index (χ0n) is 10.3. The molecule has 0 radical (unpaired) electrons. The summed E-state index contributed by atoms with van der Waals surface area (Å²) in [5.74, 6) is 0.710. The maximum atomic E-state index is 11.9. The van der Waals surface area contributed by atoms with E-state index in [0.29, 0.717) is 18.1 Å². The molecule has 0 aliphatic rings. The summed E-state index contributed by atoms with van der Waals surface area (Å²) in [6, 6.07) is 7.21. The van der Waals surface area contributed by atoms with Crippen LogP contribution >= 0.6 is 15.9 Å². The molecule has 94 valence electrons. The van der Waals surface area contributed by atoms with Crippen LogP contribution < -0.4 is 11.3 Å². The number of nitrogen functional groups attached to an aromatic ring is 1. The van der Waals surface area contributed by atoms with Crippen LogP contribution in [0.4, 0.5) is 5.69 Å². The standard InChI is InChI=1S/C13H14BrN3O/c1-8-5-13(18)17(9(2)16-8)7-10-3-4-11(14)12(15)6-10/h3-6H,7,15H2,1-2H3. The van der Waals surface area contributed by atoms with Crippen LogP contribution in [0, 0.1) is 13.8 Å². The van der Waals surface area contributed by atoms with Gasteiger partial charge >= 0.3 is 0 Å². The van der Waals surface area contributed by atoms with Crippen molar-refractivity contribution in [3.63, 3.8) is 0 Å². The van der Waals surface area contributed by atoms with Gasteiger partial charge in [0.15, 0.2) is 0 Å². The van der Waals surface area contributed by atoms with Crippen molar-refractivity contribution in [3.05, 3.63) is 56.2 Å². The second-order valence-corrected chi connectivity index (χ2v) is 5.08. The van der Waals surface area contributed by atoms with Gasteiger partial charge in [0.05, 0.1) is 6.54 Å². The van der Waals surface area contributed by atoms with Gasteiger partial charge in [-0.3, -0.25) is 9.36 Å². The van der Waals surface area contributed by atoms with Crippen molar-refractivity contribution >= 4 is 21.6 Å². The molecule has 0 saturated carbocycles. The van der Waals surface area contributed by atoms with Gasteiger partial charge in [-0.25, -0.2) is 4.98 Å². The van der Waals surface area contributed by atoms with Gasteiger partial charge in [-0.1, -0.05) is 6.07 Å². The number of rotatable bonds is 2. The van der Waals surface area contributed by atoms with E-state index in [9.17, 15) is 4.79 Å². The van der Waals surface area contributed by atoms with E-state index in [4.69, 9.17) is 5.73 Å². The fourth-order valence-electron chi connectivity index (χ4n) is 1.83. The predicted octanol–water partition coefficient (Wildman–Crippen LogP) is 2.25. The number of nitrogens with two attached hydrogens (primary N) is 1. The molecule has 1 heterocycles. The lowest BCUT2D eigenvalue weighted by Crippen LogP contribution is -2.24. The minimum absolute atomic E-state index is 0.0403. The Morgan fingerprint density at radius 1 is 1.33 bits per heavy atom. The van der Waals surface area contributed by atoms with Gasteiger partial charge in [0, 0.05) is 21.9 Å². The lowest BCUT2D eigenvalue weighted by Gasteiger charge is -2.10. The average Bonchev–Trinajstić information content (AvgIpc) is 2.28. The van der Waals surface area contributed by atoms with Crippen molar-refractivity contribution in [2.24, 2.45) is 0 Å². The Hall–Kier alpha value is -1.62. The third kappa shape index (κ3) is 2.61. The van der Waals surface area contributed by atoms with Crippen molar-refractivity contribution in [1.29, 1.82) is 0 Å².